The Bertz CT molecular complexity index is 1730. The number of halogens is 2. The standard InChI is InChI=1S/C30H22F2N4O10/c31-24-19(7-3-11-35-24)28(39)42-15-21-22(44-26(37)17-5-1-9-33-13-17)23(45-27(38)18-6-2-10-34-14-18)30(41,46-21)16-43-29(40)20-8-4-12-36-25(20)32/h1-14,21-23,41H,15-16H2/t21-,22-,23+,30-/m1/s1. The molecule has 236 valence electrons. The van der Waals surface area contributed by atoms with Crippen molar-refractivity contribution in [1.29, 1.82) is 0 Å². The lowest BCUT2D eigenvalue weighted by molar-refractivity contribution is -0.247. The highest BCUT2D eigenvalue weighted by molar-refractivity contribution is 5.91. The summed E-state index contributed by atoms with van der Waals surface area (Å²) in [6.45, 7) is -1.90. The van der Waals surface area contributed by atoms with Crippen LogP contribution in [-0.4, -0.2) is 86.2 Å². The van der Waals surface area contributed by atoms with E-state index in [9.17, 15) is 33.1 Å². The van der Waals surface area contributed by atoms with E-state index in [4.69, 9.17) is 23.7 Å². The summed E-state index contributed by atoms with van der Waals surface area (Å²) < 4.78 is 55.3. The molecule has 14 nitrogen and oxygen atoms in total. The third-order valence-electron chi connectivity index (χ3n) is 6.48. The van der Waals surface area contributed by atoms with E-state index in [2.05, 4.69) is 19.9 Å². The molecule has 5 heterocycles. The van der Waals surface area contributed by atoms with Gasteiger partial charge in [-0.25, -0.2) is 29.1 Å². The molecule has 0 radical (unpaired) electrons. The average Bonchev–Trinajstić information content (AvgIpc) is 3.33. The van der Waals surface area contributed by atoms with Crippen LogP contribution in [-0.2, 0) is 23.7 Å². The molecule has 1 aliphatic rings. The molecule has 0 bridgehead atoms. The number of nitrogens with zero attached hydrogens (tertiary/aromatic N) is 4. The van der Waals surface area contributed by atoms with Crippen LogP contribution in [0.15, 0.2) is 85.7 Å². The number of hydrogen-bond donors (Lipinski definition) is 1. The van der Waals surface area contributed by atoms with Gasteiger partial charge in [0.25, 0.3) is 0 Å². The van der Waals surface area contributed by atoms with Gasteiger partial charge in [0.2, 0.25) is 17.7 Å². The van der Waals surface area contributed by atoms with Gasteiger partial charge in [-0.15, -0.1) is 0 Å². The van der Waals surface area contributed by atoms with Crippen molar-refractivity contribution >= 4 is 23.9 Å². The first-order valence-electron chi connectivity index (χ1n) is 13.3. The Kier molecular flexibility index (Phi) is 9.58. The predicted octanol–water partition coefficient (Wildman–Crippen LogP) is 2.10. The number of rotatable bonds is 10. The van der Waals surface area contributed by atoms with Crippen LogP contribution in [0.1, 0.15) is 41.4 Å². The summed E-state index contributed by atoms with van der Waals surface area (Å²) in [7, 11) is 0. The highest BCUT2D eigenvalue weighted by Gasteiger charge is 2.60. The fraction of sp³-hybridized carbons (Fsp3) is 0.200. The van der Waals surface area contributed by atoms with Crippen molar-refractivity contribution in [3.63, 3.8) is 0 Å². The second-order valence-corrected chi connectivity index (χ2v) is 9.54. The molecule has 16 heteroatoms. The van der Waals surface area contributed by atoms with Crippen molar-refractivity contribution in [3.05, 3.63) is 120 Å². The number of carbonyl (C=O) groups excluding carboxylic acids is 4. The summed E-state index contributed by atoms with van der Waals surface area (Å²) in [5.41, 5.74) is -1.26. The number of aliphatic hydroxyl groups is 1. The second kappa shape index (κ2) is 13.9. The lowest BCUT2D eigenvalue weighted by atomic mass is 10.0. The van der Waals surface area contributed by atoms with Crippen molar-refractivity contribution in [2.75, 3.05) is 13.2 Å². The van der Waals surface area contributed by atoms with Gasteiger partial charge in [-0.1, -0.05) is 0 Å². The topological polar surface area (TPSA) is 186 Å². The minimum absolute atomic E-state index is 0.0538. The van der Waals surface area contributed by atoms with E-state index in [0.29, 0.717) is 0 Å². The van der Waals surface area contributed by atoms with Gasteiger partial charge in [-0.3, -0.25) is 9.97 Å². The van der Waals surface area contributed by atoms with Gasteiger partial charge in [0.15, 0.2) is 12.2 Å². The molecule has 1 saturated heterocycles. The molecule has 0 aliphatic carbocycles. The molecule has 1 aliphatic heterocycles. The summed E-state index contributed by atoms with van der Waals surface area (Å²) in [5.74, 6) is -9.62. The highest BCUT2D eigenvalue weighted by Crippen LogP contribution is 2.36. The number of ether oxygens (including phenoxy) is 5. The predicted molar refractivity (Wildman–Crippen MR) is 146 cm³/mol. The maximum atomic E-state index is 14.1. The first-order chi connectivity index (χ1) is 22.2. The molecule has 4 aromatic rings. The van der Waals surface area contributed by atoms with Crippen LogP contribution in [0.3, 0.4) is 0 Å². The number of pyridine rings is 4. The zero-order valence-electron chi connectivity index (χ0n) is 23.4. The zero-order chi connectivity index (χ0) is 32.7. The molecular weight excluding hydrogens is 614 g/mol. The van der Waals surface area contributed by atoms with Gasteiger partial charge in [0.05, 0.1) is 11.1 Å². The van der Waals surface area contributed by atoms with E-state index in [-0.39, 0.29) is 11.1 Å². The Morgan fingerprint density at radius 3 is 1.78 bits per heavy atom. The molecule has 0 amide bonds. The van der Waals surface area contributed by atoms with Crippen LogP contribution in [0.2, 0.25) is 0 Å². The van der Waals surface area contributed by atoms with Crippen molar-refractivity contribution in [1.82, 2.24) is 19.9 Å². The monoisotopic (exact) mass is 636 g/mol. The average molecular weight is 637 g/mol. The first-order valence-corrected chi connectivity index (χ1v) is 13.3. The molecule has 0 saturated carbocycles. The fourth-order valence-corrected chi connectivity index (χ4v) is 4.29. The van der Waals surface area contributed by atoms with Gasteiger partial charge < -0.3 is 28.8 Å². The van der Waals surface area contributed by atoms with Gasteiger partial charge in [-0.05, 0) is 48.5 Å². The van der Waals surface area contributed by atoms with Crippen LogP contribution in [0.5, 0.6) is 0 Å². The number of esters is 4. The third kappa shape index (κ3) is 7.14. The number of hydrogen-bond acceptors (Lipinski definition) is 14. The Hall–Kier alpha value is -5.74. The molecule has 46 heavy (non-hydrogen) atoms. The summed E-state index contributed by atoms with van der Waals surface area (Å²) in [6.07, 6.45) is 2.02. The normalized spacial score (nSPS) is 20.4. The quantitative estimate of drug-likeness (QED) is 0.151. The van der Waals surface area contributed by atoms with Gasteiger partial charge >= 0.3 is 23.9 Å². The van der Waals surface area contributed by atoms with E-state index >= 15 is 0 Å². The molecule has 0 spiro atoms. The second-order valence-electron chi connectivity index (χ2n) is 9.54. The van der Waals surface area contributed by atoms with Crippen LogP contribution in [0, 0.1) is 11.9 Å². The van der Waals surface area contributed by atoms with Gasteiger partial charge in [-0.2, -0.15) is 8.78 Å². The SMILES string of the molecule is O=C(O[C@@H]1[C@@H](COC(=O)c2cccnc2F)O[C@](O)(COC(=O)c2cccnc2F)[C@H]1OC(=O)c1cccnc1)c1cccnc1. The van der Waals surface area contributed by atoms with Gasteiger partial charge in [0, 0.05) is 37.2 Å². The number of aromatic nitrogens is 4. The van der Waals surface area contributed by atoms with Crippen molar-refractivity contribution in [2.45, 2.75) is 24.1 Å². The van der Waals surface area contributed by atoms with Crippen LogP contribution < -0.4 is 0 Å². The molecule has 1 fully saturated rings. The molecular formula is C30H22F2N4O10. The minimum Gasteiger partial charge on any atom is -0.459 e. The largest absolute Gasteiger partial charge is 0.459 e. The maximum Gasteiger partial charge on any atom is 0.343 e. The van der Waals surface area contributed by atoms with Crippen LogP contribution >= 0.6 is 0 Å². The molecule has 5 rings (SSSR count). The molecule has 0 unspecified atom stereocenters. The summed E-state index contributed by atoms with van der Waals surface area (Å²) >= 11 is 0. The highest BCUT2D eigenvalue weighted by atomic mass is 19.1. The van der Waals surface area contributed by atoms with Crippen LogP contribution in [0.25, 0.3) is 0 Å². The lowest BCUT2D eigenvalue weighted by Crippen LogP contribution is -2.51. The van der Waals surface area contributed by atoms with Crippen molar-refractivity contribution in [3.8, 4) is 0 Å². The third-order valence-corrected chi connectivity index (χ3v) is 6.48. The summed E-state index contributed by atoms with van der Waals surface area (Å²) in [4.78, 5) is 65.9. The summed E-state index contributed by atoms with van der Waals surface area (Å²) in [6, 6.07) is 10.3. The molecule has 0 aromatic carbocycles. The van der Waals surface area contributed by atoms with Crippen molar-refractivity contribution < 1.29 is 56.7 Å². The van der Waals surface area contributed by atoms with E-state index in [1.807, 2.05) is 0 Å². The summed E-state index contributed by atoms with van der Waals surface area (Å²) in [5, 5.41) is 11.6. The molecule has 1 N–H and O–H groups in total. The first kappa shape index (κ1) is 31.7. The Morgan fingerprint density at radius 2 is 1.26 bits per heavy atom. The van der Waals surface area contributed by atoms with Gasteiger partial charge in [0.1, 0.15) is 30.4 Å². The molecule has 4 aromatic heterocycles. The fourth-order valence-electron chi connectivity index (χ4n) is 4.29. The maximum absolute atomic E-state index is 14.1. The molecule has 4 atom stereocenters. The zero-order valence-corrected chi connectivity index (χ0v) is 23.4. The van der Waals surface area contributed by atoms with E-state index in [1.54, 1.807) is 0 Å². The minimum atomic E-state index is -2.78. The van der Waals surface area contributed by atoms with E-state index < -0.39 is 84.2 Å². The Labute approximate surface area is 257 Å². The van der Waals surface area contributed by atoms with E-state index in [0.717, 1.165) is 30.7 Å². The Balaban J connectivity index is 1.46. The lowest BCUT2D eigenvalue weighted by Gasteiger charge is -2.29. The number of carbonyl (C=O) groups is 4. The van der Waals surface area contributed by atoms with E-state index in [1.165, 1.54) is 55.0 Å². The van der Waals surface area contributed by atoms with Crippen LogP contribution in [0.4, 0.5) is 8.78 Å². The smallest absolute Gasteiger partial charge is 0.343 e. The Morgan fingerprint density at radius 1 is 0.739 bits per heavy atom. The van der Waals surface area contributed by atoms with Crippen molar-refractivity contribution in [2.24, 2.45) is 0 Å².